The molecule has 1 aliphatic heterocycles. The van der Waals surface area contributed by atoms with Crippen LogP contribution in [0.25, 0.3) is 0 Å². The van der Waals surface area contributed by atoms with Gasteiger partial charge in [0.05, 0.1) is 11.4 Å². The van der Waals surface area contributed by atoms with Gasteiger partial charge < -0.3 is 5.32 Å². The topological polar surface area (TPSA) is 41.5 Å². The maximum absolute atomic E-state index is 12.1. The van der Waals surface area contributed by atoms with Crippen LogP contribution in [0.1, 0.15) is 30.9 Å². The van der Waals surface area contributed by atoms with Crippen molar-refractivity contribution in [2.75, 3.05) is 11.1 Å². The molecule has 1 heterocycles. The molecule has 1 aliphatic rings. The standard InChI is InChI=1S/C19H20N2OS2/c1-13(2)14-7-9-16(10-8-14)20-18(22)12-24-19-21-17-6-4-3-5-15(17)11-23-19/h3-10,13H,11-12H2,1-2H3,(H,20,22). The van der Waals surface area contributed by atoms with Crippen LogP contribution in [-0.2, 0) is 10.5 Å². The summed E-state index contributed by atoms with van der Waals surface area (Å²) in [6.45, 7) is 4.32. The zero-order valence-corrected chi connectivity index (χ0v) is 15.4. The van der Waals surface area contributed by atoms with Crippen LogP contribution in [0.3, 0.4) is 0 Å². The van der Waals surface area contributed by atoms with E-state index >= 15 is 0 Å². The van der Waals surface area contributed by atoms with E-state index in [1.807, 2.05) is 30.3 Å². The van der Waals surface area contributed by atoms with Crippen LogP contribution in [0, 0.1) is 0 Å². The van der Waals surface area contributed by atoms with Crippen molar-refractivity contribution in [1.29, 1.82) is 0 Å². The Labute approximate surface area is 151 Å². The minimum atomic E-state index is -0.000504. The first-order chi connectivity index (χ1) is 11.6. The lowest BCUT2D eigenvalue weighted by molar-refractivity contribution is -0.113. The molecule has 0 unspecified atom stereocenters. The molecule has 0 radical (unpaired) electrons. The molecule has 5 heteroatoms. The summed E-state index contributed by atoms with van der Waals surface area (Å²) in [6.07, 6.45) is 0. The van der Waals surface area contributed by atoms with Crippen LogP contribution < -0.4 is 5.32 Å². The first-order valence-corrected chi connectivity index (χ1v) is 9.91. The average molecular weight is 357 g/mol. The van der Waals surface area contributed by atoms with E-state index in [9.17, 15) is 4.79 Å². The number of nitrogens with one attached hydrogen (secondary N) is 1. The highest BCUT2D eigenvalue weighted by Gasteiger charge is 2.14. The summed E-state index contributed by atoms with van der Waals surface area (Å²) in [6, 6.07) is 16.2. The second-order valence-electron chi connectivity index (χ2n) is 5.91. The van der Waals surface area contributed by atoms with Crippen LogP contribution in [0.15, 0.2) is 53.5 Å². The van der Waals surface area contributed by atoms with E-state index in [2.05, 4.69) is 42.4 Å². The summed E-state index contributed by atoms with van der Waals surface area (Å²) < 4.78 is 0.957. The third-order valence-electron chi connectivity index (χ3n) is 3.74. The molecule has 0 atom stereocenters. The van der Waals surface area contributed by atoms with Gasteiger partial charge in [0.15, 0.2) is 0 Å². The number of rotatable bonds is 4. The van der Waals surface area contributed by atoms with Crippen LogP contribution in [0.2, 0.25) is 0 Å². The molecule has 2 aromatic carbocycles. The number of anilines is 1. The van der Waals surface area contributed by atoms with Gasteiger partial charge in [-0.1, -0.05) is 67.7 Å². The smallest absolute Gasteiger partial charge is 0.234 e. The number of hydrogen-bond donors (Lipinski definition) is 1. The first kappa shape index (κ1) is 17.1. The summed E-state index contributed by atoms with van der Waals surface area (Å²) >= 11 is 3.19. The SMILES string of the molecule is CC(C)c1ccc(NC(=O)CSC2=Nc3ccccc3CS2)cc1. The maximum Gasteiger partial charge on any atom is 0.234 e. The Bertz CT molecular complexity index is 754. The normalized spacial score (nSPS) is 13.4. The van der Waals surface area contributed by atoms with E-state index in [0.717, 1.165) is 21.5 Å². The highest BCUT2D eigenvalue weighted by atomic mass is 32.2. The van der Waals surface area contributed by atoms with Crippen molar-refractivity contribution in [1.82, 2.24) is 0 Å². The lowest BCUT2D eigenvalue weighted by atomic mass is 10.0. The van der Waals surface area contributed by atoms with Crippen LogP contribution >= 0.6 is 23.5 Å². The van der Waals surface area contributed by atoms with Gasteiger partial charge in [-0.25, -0.2) is 4.99 Å². The van der Waals surface area contributed by atoms with Crippen molar-refractivity contribution in [3.05, 3.63) is 59.7 Å². The summed E-state index contributed by atoms with van der Waals surface area (Å²) in [7, 11) is 0. The number of fused-ring (bicyclic) bond motifs is 1. The molecule has 3 rings (SSSR count). The first-order valence-electron chi connectivity index (χ1n) is 7.94. The minimum Gasteiger partial charge on any atom is -0.325 e. The minimum absolute atomic E-state index is 0.000504. The molecule has 3 nitrogen and oxygen atoms in total. The number of amides is 1. The molecule has 0 saturated heterocycles. The summed E-state index contributed by atoms with van der Waals surface area (Å²) in [5, 5.41) is 2.94. The Kier molecular flexibility index (Phi) is 5.63. The predicted octanol–water partition coefficient (Wildman–Crippen LogP) is 5.42. The van der Waals surface area contributed by atoms with Gasteiger partial charge in [0, 0.05) is 11.4 Å². The van der Waals surface area contributed by atoms with Crippen molar-refractivity contribution < 1.29 is 4.79 Å². The fraction of sp³-hybridized carbons (Fsp3) is 0.263. The second-order valence-corrected chi connectivity index (χ2v) is 8.10. The highest BCUT2D eigenvalue weighted by Crippen LogP contribution is 2.34. The summed E-state index contributed by atoms with van der Waals surface area (Å²) in [5.41, 5.74) is 4.38. The monoisotopic (exact) mass is 356 g/mol. The Morgan fingerprint density at radius 2 is 1.96 bits per heavy atom. The van der Waals surface area contributed by atoms with E-state index in [0.29, 0.717) is 11.7 Å². The molecule has 124 valence electrons. The number of para-hydroxylation sites is 1. The Morgan fingerprint density at radius 1 is 1.21 bits per heavy atom. The zero-order valence-electron chi connectivity index (χ0n) is 13.8. The molecule has 24 heavy (non-hydrogen) atoms. The molecule has 0 saturated carbocycles. The fourth-order valence-electron chi connectivity index (χ4n) is 2.36. The number of thioether (sulfide) groups is 2. The van der Waals surface area contributed by atoms with Crippen molar-refractivity contribution in [3.8, 4) is 0 Å². The van der Waals surface area contributed by atoms with Crippen LogP contribution in [0.5, 0.6) is 0 Å². The Balaban J connectivity index is 1.54. The van der Waals surface area contributed by atoms with Crippen molar-refractivity contribution in [3.63, 3.8) is 0 Å². The number of aliphatic imine (C=N–C) groups is 1. The lowest BCUT2D eigenvalue weighted by Crippen LogP contribution is -2.15. The molecular formula is C19H20N2OS2. The molecule has 1 amide bonds. The van der Waals surface area contributed by atoms with E-state index in [1.54, 1.807) is 11.8 Å². The largest absolute Gasteiger partial charge is 0.325 e. The van der Waals surface area contributed by atoms with E-state index in [-0.39, 0.29) is 5.91 Å². The van der Waals surface area contributed by atoms with Gasteiger partial charge >= 0.3 is 0 Å². The highest BCUT2D eigenvalue weighted by molar-refractivity contribution is 8.38. The van der Waals surface area contributed by atoms with Crippen LogP contribution in [-0.4, -0.2) is 16.0 Å². The quantitative estimate of drug-likeness (QED) is 0.795. The Hall–Kier alpha value is -1.72. The fourth-order valence-corrected chi connectivity index (χ4v) is 4.22. The number of carbonyl (C=O) groups is 1. The molecule has 0 spiro atoms. The predicted molar refractivity (Wildman–Crippen MR) is 106 cm³/mol. The van der Waals surface area contributed by atoms with Gasteiger partial charge in [0.25, 0.3) is 0 Å². The molecule has 1 N–H and O–H groups in total. The second kappa shape index (κ2) is 7.90. The van der Waals surface area contributed by atoms with E-state index < -0.39 is 0 Å². The maximum atomic E-state index is 12.1. The van der Waals surface area contributed by atoms with Crippen molar-refractivity contribution in [2.45, 2.75) is 25.5 Å². The van der Waals surface area contributed by atoms with Crippen molar-refractivity contribution in [2.24, 2.45) is 4.99 Å². The van der Waals surface area contributed by atoms with Crippen molar-refractivity contribution >= 4 is 45.2 Å². The van der Waals surface area contributed by atoms with Gasteiger partial charge in [0.2, 0.25) is 5.91 Å². The number of benzene rings is 2. The molecule has 0 aromatic heterocycles. The summed E-state index contributed by atoms with van der Waals surface area (Å²) in [4.78, 5) is 16.7. The third-order valence-corrected chi connectivity index (χ3v) is 5.99. The molecule has 0 aliphatic carbocycles. The van der Waals surface area contributed by atoms with E-state index in [4.69, 9.17) is 0 Å². The number of hydrogen-bond acceptors (Lipinski definition) is 4. The van der Waals surface area contributed by atoms with Gasteiger partial charge in [-0.15, -0.1) is 0 Å². The van der Waals surface area contributed by atoms with Gasteiger partial charge in [0.1, 0.15) is 4.38 Å². The molecule has 0 bridgehead atoms. The Morgan fingerprint density at radius 3 is 2.71 bits per heavy atom. The number of nitrogens with zero attached hydrogens (tertiary/aromatic N) is 1. The van der Waals surface area contributed by atoms with E-state index in [1.165, 1.54) is 22.9 Å². The molecule has 2 aromatic rings. The molecular weight excluding hydrogens is 336 g/mol. The van der Waals surface area contributed by atoms with Gasteiger partial charge in [-0.3, -0.25) is 4.79 Å². The van der Waals surface area contributed by atoms with Crippen LogP contribution in [0.4, 0.5) is 11.4 Å². The average Bonchev–Trinajstić information content (AvgIpc) is 2.60. The molecule has 0 fully saturated rings. The number of carbonyl (C=O) groups excluding carboxylic acids is 1. The van der Waals surface area contributed by atoms with Gasteiger partial charge in [-0.2, -0.15) is 0 Å². The lowest BCUT2D eigenvalue weighted by Gasteiger charge is -2.14. The zero-order chi connectivity index (χ0) is 16.9. The summed E-state index contributed by atoms with van der Waals surface area (Å²) in [5.74, 6) is 1.79. The third kappa shape index (κ3) is 4.42. The van der Waals surface area contributed by atoms with Gasteiger partial charge in [-0.05, 0) is 35.2 Å².